The quantitative estimate of drug-likeness (QED) is 0.223. The minimum Gasteiger partial charge on any atom is -0.494 e. The maximum Gasteiger partial charge on any atom is 0.263 e. The number of sulfonamides is 1. The summed E-state index contributed by atoms with van der Waals surface area (Å²) < 4.78 is 35.3. The van der Waals surface area contributed by atoms with E-state index < -0.39 is 10.0 Å². The van der Waals surface area contributed by atoms with E-state index in [1.165, 1.54) is 11.3 Å². The monoisotopic (exact) mass is 549 g/mol. The van der Waals surface area contributed by atoms with E-state index in [9.17, 15) is 8.42 Å². The van der Waals surface area contributed by atoms with Crippen LogP contribution in [0.4, 0.5) is 10.8 Å². The summed E-state index contributed by atoms with van der Waals surface area (Å²) in [5.74, 6) is 0.776. The van der Waals surface area contributed by atoms with Crippen molar-refractivity contribution >= 4 is 32.2 Å². The van der Waals surface area contributed by atoms with Gasteiger partial charge in [-0.2, -0.15) is 0 Å². The van der Waals surface area contributed by atoms with Crippen LogP contribution in [0.2, 0.25) is 0 Å². The molecule has 6 nitrogen and oxygen atoms in total. The zero-order chi connectivity index (χ0) is 27.5. The Bertz CT molecular complexity index is 1520. The Balaban J connectivity index is 1.75. The summed E-state index contributed by atoms with van der Waals surface area (Å²) in [5, 5.41) is 3.29. The Morgan fingerprint density at radius 3 is 2.32 bits per heavy atom. The third kappa shape index (κ3) is 6.55. The van der Waals surface area contributed by atoms with Gasteiger partial charge in [0.15, 0.2) is 5.13 Å². The van der Waals surface area contributed by atoms with Crippen LogP contribution in [0.5, 0.6) is 5.75 Å². The van der Waals surface area contributed by atoms with Crippen LogP contribution >= 0.6 is 11.3 Å². The van der Waals surface area contributed by atoms with Gasteiger partial charge in [0, 0.05) is 18.3 Å². The number of hydrogen-bond acceptors (Lipinski definition) is 6. The highest BCUT2D eigenvalue weighted by atomic mass is 32.2. The molecular formula is C30H35N3O3S2. The predicted molar refractivity (Wildman–Crippen MR) is 159 cm³/mol. The number of thiazole rings is 1. The van der Waals surface area contributed by atoms with E-state index in [-0.39, 0.29) is 10.3 Å². The van der Waals surface area contributed by atoms with Crippen molar-refractivity contribution in [3.63, 3.8) is 0 Å². The fourth-order valence-corrected chi connectivity index (χ4v) is 6.36. The molecule has 0 spiro atoms. The van der Waals surface area contributed by atoms with E-state index in [0.29, 0.717) is 17.4 Å². The van der Waals surface area contributed by atoms with Crippen LogP contribution in [0.3, 0.4) is 0 Å². The minimum absolute atomic E-state index is 0.170. The smallest absolute Gasteiger partial charge is 0.263 e. The highest BCUT2D eigenvalue weighted by Gasteiger charge is 2.22. The van der Waals surface area contributed by atoms with Crippen LogP contribution in [0, 0.1) is 19.3 Å². The van der Waals surface area contributed by atoms with Gasteiger partial charge in [0.25, 0.3) is 10.0 Å². The molecule has 0 unspecified atom stereocenters. The van der Waals surface area contributed by atoms with Crippen LogP contribution in [0.15, 0.2) is 71.6 Å². The third-order valence-corrected chi connectivity index (χ3v) is 8.70. The molecule has 0 aliphatic rings. The van der Waals surface area contributed by atoms with Gasteiger partial charge in [-0.1, -0.05) is 68.5 Å². The van der Waals surface area contributed by atoms with E-state index in [1.807, 2.05) is 62.4 Å². The highest BCUT2D eigenvalue weighted by Crippen LogP contribution is 2.42. The second-order valence-electron chi connectivity index (χ2n) is 10.5. The number of aryl methyl sites for hydroxylation is 2. The number of anilines is 2. The van der Waals surface area contributed by atoms with Gasteiger partial charge in [0.1, 0.15) is 5.75 Å². The van der Waals surface area contributed by atoms with E-state index in [2.05, 4.69) is 30.8 Å². The number of nitrogens with one attached hydrogen (secondary N) is 2. The van der Waals surface area contributed by atoms with Crippen molar-refractivity contribution in [3.05, 3.63) is 77.9 Å². The van der Waals surface area contributed by atoms with Gasteiger partial charge in [-0.25, -0.2) is 13.4 Å². The average Bonchev–Trinajstić information content (AvgIpc) is 3.26. The third-order valence-electron chi connectivity index (χ3n) is 6.22. The van der Waals surface area contributed by atoms with E-state index in [1.54, 1.807) is 25.2 Å². The average molecular weight is 550 g/mol. The van der Waals surface area contributed by atoms with Crippen LogP contribution in [-0.4, -0.2) is 27.1 Å². The van der Waals surface area contributed by atoms with E-state index in [0.717, 1.165) is 45.0 Å². The predicted octanol–water partition coefficient (Wildman–Crippen LogP) is 7.75. The molecule has 4 rings (SSSR count). The van der Waals surface area contributed by atoms with Gasteiger partial charge >= 0.3 is 0 Å². The first-order chi connectivity index (χ1) is 18.0. The van der Waals surface area contributed by atoms with Gasteiger partial charge in [-0.15, -0.1) is 0 Å². The molecule has 0 radical (unpaired) electrons. The molecule has 1 aromatic heterocycles. The van der Waals surface area contributed by atoms with Crippen molar-refractivity contribution in [1.29, 1.82) is 0 Å². The summed E-state index contributed by atoms with van der Waals surface area (Å²) in [6, 6.07) is 20.7. The number of aromatic nitrogens is 1. The highest BCUT2D eigenvalue weighted by molar-refractivity contribution is 7.93. The van der Waals surface area contributed by atoms with E-state index >= 15 is 0 Å². The topological polar surface area (TPSA) is 80.3 Å². The fraction of sp³-hybridized carbons (Fsp3) is 0.300. The number of benzene rings is 3. The van der Waals surface area contributed by atoms with Gasteiger partial charge in [-0.3, -0.25) is 4.72 Å². The summed E-state index contributed by atoms with van der Waals surface area (Å²) in [5.41, 5.74) is 5.72. The lowest BCUT2D eigenvalue weighted by atomic mass is 9.93. The van der Waals surface area contributed by atoms with Gasteiger partial charge in [0.05, 0.1) is 22.1 Å². The number of nitrogens with zero attached hydrogens (tertiary/aromatic N) is 1. The molecule has 200 valence electrons. The molecule has 0 atom stereocenters. The summed E-state index contributed by atoms with van der Waals surface area (Å²) in [7, 11) is -2.08. The zero-order valence-corrected chi connectivity index (χ0v) is 24.4. The lowest BCUT2D eigenvalue weighted by Gasteiger charge is -2.18. The first-order valence-electron chi connectivity index (χ1n) is 12.6. The second kappa shape index (κ2) is 11.2. The lowest BCUT2D eigenvalue weighted by Crippen LogP contribution is -2.13. The molecule has 0 bridgehead atoms. The molecule has 1 heterocycles. The van der Waals surface area contributed by atoms with Crippen molar-refractivity contribution in [1.82, 2.24) is 4.98 Å². The van der Waals surface area contributed by atoms with E-state index in [4.69, 9.17) is 9.72 Å². The molecular weight excluding hydrogens is 514 g/mol. The first-order valence-corrected chi connectivity index (χ1v) is 14.9. The maximum absolute atomic E-state index is 13.3. The Kier molecular flexibility index (Phi) is 8.13. The molecule has 8 heteroatoms. The van der Waals surface area contributed by atoms with Gasteiger partial charge in [-0.05, 0) is 72.7 Å². The Labute approximate surface area is 230 Å². The fourth-order valence-electron chi connectivity index (χ4n) is 4.11. The Morgan fingerprint density at radius 1 is 0.947 bits per heavy atom. The molecule has 2 N–H and O–H groups in total. The van der Waals surface area contributed by atoms with Gasteiger partial charge < -0.3 is 10.1 Å². The zero-order valence-electron chi connectivity index (χ0n) is 22.8. The number of ether oxygens (including phenoxy) is 1. The molecule has 3 aromatic carbocycles. The van der Waals surface area contributed by atoms with Crippen molar-refractivity contribution < 1.29 is 13.2 Å². The second-order valence-corrected chi connectivity index (χ2v) is 13.2. The van der Waals surface area contributed by atoms with Gasteiger partial charge in [0.2, 0.25) is 0 Å². The van der Waals surface area contributed by atoms with Crippen molar-refractivity contribution in [2.75, 3.05) is 23.7 Å². The minimum atomic E-state index is -3.83. The number of rotatable bonds is 9. The van der Waals surface area contributed by atoms with Crippen molar-refractivity contribution in [2.24, 2.45) is 5.41 Å². The Hall–Kier alpha value is -3.36. The largest absolute Gasteiger partial charge is 0.494 e. The molecule has 0 saturated heterocycles. The first kappa shape index (κ1) is 27.7. The van der Waals surface area contributed by atoms with Crippen LogP contribution in [0.25, 0.3) is 21.7 Å². The molecule has 4 aromatic rings. The molecule has 0 aliphatic heterocycles. The lowest BCUT2D eigenvalue weighted by molar-refractivity contribution is 0.243. The Morgan fingerprint density at radius 2 is 1.63 bits per heavy atom. The normalized spacial score (nSPS) is 11.8. The molecule has 0 amide bonds. The molecule has 0 aliphatic carbocycles. The van der Waals surface area contributed by atoms with Crippen molar-refractivity contribution in [3.8, 4) is 27.4 Å². The van der Waals surface area contributed by atoms with Crippen molar-refractivity contribution in [2.45, 2.75) is 45.9 Å². The van der Waals surface area contributed by atoms with Crippen LogP contribution < -0.4 is 14.8 Å². The van der Waals surface area contributed by atoms with Crippen LogP contribution in [-0.2, 0) is 10.0 Å². The molecule has 0 saturated carbocycles. The SMILES string of the molecule is CNc1cccc(S(=O)(=O)Nc2nc(-c3c(C)cccc3C)c(-c3cccc(OCCC(C)(C)C)c3)s2)c1. The summed E-state index contributed by atoms with van der Waals surface area (Å²) in [4.78, 5) is 5.88. The molecule has 0 fully saturated rings. The van der Waals surface area contributed by atoms with Crippen LogP contribution in [0.1, 0.15) is 38.3 Å². The summed E-state index contributed by atoms with van der Waals surface area (Å²) in [6.07, 6.45) is 0.937. The number of hydrogen-bond donors (Lipinski definition) is 2. The molecule has 38 heavy (non-hydrogen) atoms. The summed E-state index contributed by atoms with van der Waals surface area (Å²) >= 11 is 1.32. The standard InChI is InChI=1S/C30H35N3O3S2/c1-20-10-7-11-21(2)26(20)27-28(22-12-8-14-24(18-22)36-17-16-30(3,4)5)37-29(32-27)33-38(34,35)25-15-9-13-23(19-25)31-6/h7-15,18-19,31H,16-17H2,1-6H3,(H,32,33). The maximum atomic E-state index is 13.3. The summed E-state index contributed by atoms with van der Waals surface area (Å²) in [6.45, 7) is 11.3.